The van der Waals surface area contributed by atoms with Gasteiger partial charge in [-0.15, -0.1) is 0 Å². The highest BCUT2D eigenvalue weighted by Crippen LogP contribution is 2.07. The van der Waals surface area contributed by atoms with Gasteiger partial charge in [-0.05, 0) is 24.0 Å². The van der Waals surface area contributed by atoms with Crippen LogP contribution in [0.1, 0.15) is 31.9 Å². The Kier molecular flexibility index (Phi) is 10.4. The molecule has 0 radical (unpaired) electrons. The van der Waals surface area contributed by atoms with Crippen LogP contribution in [0, 0.1) is 5.92 Å². The van der Waals surface area contributed by atoms with Crippen molar-refractivity contribution >= 4 is 23.7 Å². The summed E-state index contributed by atoms with van der Waals surface area (Å²) in [6, 6.07) is 14.1. The average molecular weight is 483 g/mol. The van der Waals surface area contributed by atoms with E-state index >= 15 is 0 Å². The van der Waals surface area contributed by atoms with Crippen molar-refractivity contribution in [3.8, 4) is 0 Å². The monoisotopic (exact) mass is 482 g/mol. The third-order valence-electron chi connectivity index (χ3n) is 5.59. The Morgan fingerprint density at radius 3 is 1.63 bits per heavy atom. The summed E-state index contributed by atoms with van der Waals surface area (Å²) in [6.45, 7) is 5.06. The first-order valence-corrected chi connectivity index (χ1v) is 11.6. The van der Waals surface area contributed by atoms with E-state index in [1.165, 1.54) is 6.92 Å². The second-order valence-electron chi connectivity index (χ2n) is 8.84. The Balaban J connectivity index is 2.07. The molecule has 0 heterocycles. The van der Waals surface area contributed by atoms with Crippen molar-refractivity contribution in [1.29, 1.82) is 0 Å². The first-order valence-electron chi connectivity index (χ1n) is 11.6. The van der Waals surface area contributed by atoms with E-state index in [1.807, 2.05) is 36.4 Å². The Morgan fingerprint density at radius 1 is 0.714 bits per heavy atom. The number of amides is 3. The number of carboxylic acid groups (broad SMARTS) is 1. The van der Waals surface area contributed by atoms with Crippen molar-refractivity contribution in [2.75, 3.05) is 0 Å². The van der Waals surface area contributed by atoms with Crippen molar-refractivity contribution in [2.45, 2.75) is 57.8 Å². The molecule has 2 aromatic rings. The first kappa shape index (κ1) is 27.5. The fraction of sp³-hybridized carbons (Fsp3) is 0.385. The van der Waals surface area contributed by atoms with Crippen LogP contribution < -0.4 is 21.7 Å². The predicted molar refractivity (Wildman–Crippen MR) is 132 cm³/mol. The minimum absolute atomic E-state index is 0.0996. The van der Waals surface area contributed by atoms with E-state index in [9.17, 15) is 24.3 Å². The molecule has 0 aliphatic rings. The number of rotatable bonds is 12. The molecule has 2 rings (SSSR count). The third-order valence-corrected chi connectivity index (χ3v) is 5.59. The lowest BCUT2D eigenvalue weighted by Gasteiger charge is -2.24. The van der Waals surface area contributed by atoms with Gasteiger partial charge in [0.15, 0.2) is 0 Å². The minimum Gasteiger partial charge on any atom is -0.480 e. The van der Waals surface area contributed by atoms with Crippen molar-refractivity contribution < 1.29 is 24.3 Å². The van der Waals surface area contributed by atoms with E-state index in [0.29, 0.717) is 0 Å². The maximum absolute atomic E-state index is 13.0. The Hall–Kier alpha value is -3.72. The Bertz CT molecular complexity index is 997. The molecule has 0 spiro atoms. The number of carbonyl (C=O) groups is 4. The zero-order valence-electron chi connectivity index (χ0n) is 20.2. The number of benzene rings is 2. The zero-order valence-corrected chi connectivity index (χ0v) is 20.2. The van der Waals surface area contributed by atoms with E-state index < -0.39 is 47.9 Å². The van der Waals surface area contributed by atoms with Crippen LogP contribution in [0.15, 0.2) is 60.7 Å². The van der Waals surface area contributed by atoms with E-state index in [4.69, 9.17) is 5.73 Å². The van der Waals surface area contributed by atoms with Gasteiger partial charge >= 0.3 is 5.97 Å². The summed E-state index contributed by atoms with van der Waals surface area (Å²) in [5, 5.41) is 17.3. The largest absolute Gasteiger partial charge is 0.480 e. The van der Waals surface area contributed by atoms with E-state index in [0.717, 1.165) is 11.1 Å². The SMILES string of the molecule is CC(NC(=O)C(Cc1ccccc1)NC(=O)C(N)C(C)C)C(=O)NC(Cc1ccccc1)C(=O)O. The van der Waals surface area contributed by atoms with Crippen LogP contribution >= 0.6 is 0 Å². The Morgan fingerprint density at radius 2 is 1.17 bits per heavy atom. The molecule has 4 atom stereocenters. The van der Waals surface area contributed by atoms with Crippen LogP contribution in [-0.2, 0) is 32.0 Å². The molecule has 4 unspecified atom stereocenters. The van der Waals surface area contributed by atoms with Crippen LogP contribution in [0.25, 0.3) is 0 Å². The standard InChI is InChI=1S/C26H34N4O5/c1-16(2)22(27)25(33)29-20(14-18-10-6-4-7-11-18)24(32)28-17(3)23(31)30-21(26(34)35)15-19-12-8-5-9-13-19/h4-13,16-17,20-22H,14-15,27H2,1-3H3,(H,28,32)(H,29,33)(H,30,31)(H,34,35). The predicted octanol–water partition coefficient (Wildman–Crippen LogP) is 1.01. The van der Waals surface area contributed by atoms with Gasteiger partial charge in [-0.1, -0.05) is 74.5 Å². The first-order chi connectivity index (χ1) is 16.6. The lowest BCUT2D eigenvalue weighted by Crippen LogP contribution is -2.57. The van der Waals surface area contributed by atoms with Crippen LogP contribution in [0.5, 0.6) is 0 Å². The molecule has 0 aliphatic carbocycles. The van der Waals surface area contributed by atoms with Crippen LogP contribution in [0.4, 0.5) is 0 Å². The fourth-order valence-electron chi connectivity index (χ4n) is 3.36. The molecule has 0 aliphatic heterocycles. The number of aliphatic carboxylic acids is 1. The third kappa shape index (κ3) is 8.86. The van der Waals surface area contributed by atoms with Gasteiger partial charge in [0.05, 0.1) is 6.04 Å². The van der Waals surface area contributed by atoms with E-state index in [-0.39, 0.29) is 18.8 Å². The van der Waals surface area contributed by atoms with E-state index in [1.54, 1.807) is 38.1 Å². The molecule has 9 nitrogen and oxygen atoms in total. The second-order valence-corrected chi connectivity index (χ2v) is 8.84. The number of nitrogens with one attached hydrogen (secondary N) is 3. The zero-order chi connectivity index (χ0) is 26.0. The maximum Gasteiger partial charge on any atom is 0.326 e. The van der Waals surface area contributed by atoms with Crippen LogP contribution in [0.2, 0.25) is 0 Å². The van der Waals surface area contributed by atoms with Crippen LogP contribution in [0.3, 0.4) is 0 Å². The molecule has 0 fully saturated rings. The number of nitrogens with two attached hydrogens (primary N) is 1. The van der Waals surface area contributed by atoms with Gasteiger partial charge in [-0.3, -0.25) is 14.4 Å². The molecule has 0 saturated carbocycles. The minimum atomic E-state index is -1.18. The number of carboxylic acids is 1. The van der Waals surface area contributed by atoms with Gasteiger partial charge in [-0.2, -0.15) is 0 Å². The summed E-state index contributed by atoms with van der Waals surface area (Å²) in [5.41, 5.74) is 7.50. The van der Waals surface area contributed by atoms with Crippen molar-refractivity contribution in [1.82, 2.24) is 16.0 Å². The summed E-state index contributed by atoms with van der Waals surface area (Å²) < 4.78 is 0. The topological polar surface area (TPSA) is 151 Å². The summed E-state index contributed by atoms with van der Waals surface area (Å²) in [7, 11) is 0. The highest BCUT2D eigenvalue weighted by Gasteiger charge is 2.29. The number of carbonyl (C=O) groups excluding carboxylic acids is 3. The van der Waals surface area contributed by atoms with Crippen molar-refractivity contribution in [3.63, 3.8) is 0 Å². The second kappa shape index (κ2) is 13.2. The lowest BCUT2D eigenvalue weighted by atomic mass is 10.0. The van der Waals surface area contributed by atoms with Crippen LogP contribution in [-0.4, -0.2) is 53.0 Å². The lowest BCUT2D eigenvalue weighted by molar-refractivity contribution is -0.142. The Labute approximate surface area is 205 Å². The average Bonchev–Trinajstić information content (AvgIpc) is 2.83. The smallest absolute Gasteiger partial charge is 0.326 e. The maximum atomic E-state index is 13.0. The summed E-state index contributed by atoms with van der Waals surface area (Å²) in [5.74, 6) is -3.00. The van der Waals surface area contributed by atoms with Gasteiger partial charge in [0, 0.05) is 12.8 Å². The highest BCUT2D eigenvalue weighted by atomic mass is 16.4. The summed E-state index contributed by atoms with van der Waals surface area (Å²) in [4.78, 5) is 49.9. The molecule has 9 heteroatoms. The molecule has 2 aromatic carbocycles. The van der Waals surface area contributed by atoms with Gasteiger partial charge < -0.3 is 26.8 Å². The number of hydrogen-bond acceptors (Lipinski definition) is 5. The van der Waals surface area contributed by atoms with E-state index in [2.05, 4.69) is 16.0 Å². The van der Waals surface area contributed by atoms with Crippen molar-refractivity contribution in [2.24, 2.45) is 11.7 Å². The molecule has 0 bridgehead atoms. The summed E-state index contributed by atoms with van der Waals surface area (Å²) >= 11 is 0. The fourth-order valence-corrected chi connectivity index (χ4v) is 3.36. The molecule has 3 amide bonds. The summed E-state index contributed by atoms with van der Waals surface area (Å²) in [6.07, 6.45) is 0.297. The molecular formula is C26H34N4O5. The molecule has 6 N–H and O–H groups in total. The molecule has 35 heavy (non-hydrogen) atoms. The molecule has 0 aromatic heterocycles. The molecular weight excluding hydrogens is 448 g/mol. The van der Waals surface area contributed by atoms with Gasteiger partial charge in [0.25, 0.3) is 0 Å². The highest BCUT2D eigenvalue weighted by molar-refractivity contribution is 5.94. The molecule has 0 saturated heterocycles. The normalized spacial score (nSPS) is 14.3. The van der Waals surface area contributed by atoms with Gasteiger partial charge in [0.2, 0.25) is 17.7 Å². The number of hydrogen-bond donors (Lipinski definition) is 5. The van der Waals surface area contributed by atoms with Gasteiger partial charge in [0.1, 0.15) is 18.1 Å². The quantitative estimate of drug-likeness (QED) is 0.305. The van der Waals surface area contributed by atoms with Gasteiger partial charge in [-0.25, -0.2) is 4.79 Å². The molecule has 188 valence electrons. The van der Waals surface area contributed by atoms with Crippen molar-refractivity contribution in [3.05, 3.63) is 71.8 Å².